The number of aryl methyl sites for hydroxylation is 1. The summed E-state index contributed by atoms with van der Waals surface area (Å²) < 4.78 is 10.3. The van der Waals surface area contributed by atoms with Crippen molar-refractivity contribution in [1.82, 2.24) is 0 Å². The number of hydrogen-bond acceptors (Lipinski definition) is 4. The average molecular weight is 258 g/mol. The van der Waals surface area contributed by atoms with Crippen molar-refractivity contribution < 1.29 is 18.7 Å². The monoisotopic (exact) mass is 258 g/mol. The molecule has 0 aliphatic carbocycles. The predicted molar refractivity (Wildman–Crippen MR) is 70.2 cm³/mol. The third-order valence-corrected chi connectivity index (χ3v) is 2.75. The largest absolute Gasteiger partial charge is 0.462 e. The maximum Gasteiger partial charge on any atom is 0.338 e. The second-order valence-corrected chi connectivity index (χ2v) is 4.07. The van der Waals surface area contributed by atoms with Gasteiger partial charge >= 0.3 is 5.97 Å². The zero-order chi connectivity index (χ0) is 13.8. The van der Waals surface area contributed by atoms with Crippen LogP contribution in [0.2, 0.25) is 0 Å². The average Bonchev–Trinajstić information content (AvgIpc) is 2.87. The third-order valence-electron chi connectivity index (χ3n) is 2.75. The molecule has 4 nitrogen and oxygen atoms in total. The summed E-state index contributed by atoms with van der Waals surface area (Å²) in [5.41, 5.74) is 2.16. The van der Waals surface area contributed by atoms with E-state index in [1.807, 2.05) is 13.0 Å². The van der Waals surface area contributed by atoms with Crippen molar-refractivity contribution in [1.29, 1.82) is 0 Å². The summed E-state index contributed by atoms with van der Waals surface area (Å²) in [6.07, 6.45) is 0.656. The molecular weight excluding hydrogens is 244 g/mol. The van der Waals surface area contributed by atoms with Crippen molar-refractivity contribution in [3.05, 3.63) is 47.2 Å². The summed E-state index contributed by atoms with van der Waals surface area (Å²) in [5.74, 6) is 0.544. The summed E-state index contributed by atoms with van der Waals surface area (Å²) in [4.78, 5) is 22.3. The van der Waals surface area contributed by atoms with E-state index in [4.69, 9.17) is 9.15 Å². The van der Waals surface area contributed by atoms with Crippen molar-refractivity contribution in [2.24, 2.45) is 0 Å². The molecule has 1 aromatic carbocycles. The van der Waals surface area contributed by atoms with Crippen molar-refractivity contribution in [3.63, 3.8) is 0 Å². The molecule has 1 heterocycles. The van der Waals surface area contributed by atoms with Crippen LogP contribution in [0.5, 0.6) is 0 Å². The van der Waals surface area contributed by atoms with Crippen LogP contribution in [0.1, 0.15) is 33.4 Å². The molecule has 0 unspecified atom stereocenters. The summed E-state index contributed by atoms with van der Waals surface area (Å²) in [5, 5.41) is 0. The maximum absolute atomic E-state index is 11.7. The minimum atomic E-state index is -0.334. The minimum absolute atomic E-state index is 0.280. The number of rotatable bonds is 4. The van der Waals surface area contributed by atoms with Gasteiger partial charge in [0.1, 0.15) is 5.76 Å². The normalized spacial score (nSPS) is 10.2. The second-order valence-electron chi connectivity index (χ2n) is 4.07. The zero-order valence-electron chi connectivity index (χ0n) is 10.8. The highest BCUT2D eigenvalue weighted by molar-refractivity contribution is 5.91. The number of ether oxygens (including phenoxy) is 1. The lowest BCUT2D eigenvalue weighted by Crippen LogP contribution is -2.06. The standard InChI is InChI=1S/C15H14O4/c1-3-18-15(17)13-6-4-11(8-10(13)2)14-7-5-12(9-16)19-14/h4-9H,3H2,1-2H3. The fourth-order valence-electron chi connectivity index (χ4n) is 1.83. The lowest BCUT2D eigenvalue weighted by atomic mass is 10.0. The first kappa shape index (κ1) is 13.1. The molecule has 19 heavy (non-hydrogen) atoms. The molecule has 0 fully saturated rings. The Morgan fingerprint density at radius 1 is 1.32 bits per heavy atom. The molecule has 0 saturated heterocycles. The quantitative estimate of drug-likeness (QED) is 0.624. The van der Waals surface area contributed by atoms with E-state index in [1.54, 1.807) is 31.2 Å². The Labute approximate surface area is 111 Å². The fraction of sp³-hybridized carbons (Fsp3) is 0.200. The molecule has 0 atom stereocenters. The summed E-state index contributed by atoms with van der Waals surface area (Å²) >= 11 is 0. The fourth-order valence-corrected chi connectivity index (χ4v) is 1.83. The summed E-state index contributed by atoms with van der Waals surface area (Å²) in [6.45, 7) is 3.95. The number of carbonyl (C=O) groups is 2. The van der Waals surface area contributed by atoms with E-state index in [9.17, 15) is 9.59 Å². The highest BCUT2D eigenvalue weighted by Crippen LogP contribution is 2.24. The number of hydrogen-bond donors (Lipinski definition) is 0. The van der Waals surface area contributed by atoms with E-state index in [2.05, 4.69) is 0 Å². The van der Waals surface area contributed by atoms with Gasteiger partial charge in [-0.3, -0.25) is 4.79 Å². The Kier molecular flexibility index (Phi) is 3.80. The van der Waals surface area contributed by atoms with Gasteiger partial charge in [0.25, 0.3) is 0 Å². The molecule has 0 saturated carbocycles. The van der Waals surface area contributed by atoms with Crippen LogP contribution < -0.4 is 0 Å². The van der Waals surface area contributed by atoms with Gasteiger partial charge in [0.15, 0.2) is 12.0 Å². The SMILES string of the molecule is CCOC(=O)c1ccc(-c2ccc(C=O)o2)cc1C. The number of aldehydes is 1. The molecule has 1 aromatic heterocycles. The van der Waals surface area contributed by atoms with Crippen LogP contribution in [0.4, 0.5) is 0 Å². The number of furan rings is 1. The smallest absolute Gasteiger partial charge is 0.338 e. The number of esters is 1. The van der Waals surface area contributed by atoms with Crippen molar-refractivity contribution in [2.45, 2.75) is 13.8 Å². The lowest BCUT2D eigenvalue weighted by molar-refractivity contribution is 0.0525. The molecule has 0 aliphatic rings. The lowest BCUT2D eigenvalue weighted by Gasteiger charge is -2.06. The first-order valence-corrected chi connectivity index (χ1v) is 5.99. The van der Waals surface area contributed by atoms with Gasteiger partial charge < -0.3 is 9.15 Å². The molecule has 0 aliphatic heterocycles. The first-order chi connectivity index (χ1) is 9.15. The molecule has 98 valence electrons. The summed E-state index contributed by atoms with van der Waals surface area (Å²) in [7, 11) is 0. The molecule has 0 bridgehead atoms. The Morgan fingerprint density at radius 2 is 2.11 bits per heavy atom. The molecule has 0 spiro atoms. The highest BCUT2D eigenvalue weighted by atomic mass is 16.5. The van der Waals surface area contributed by atoms with Crippen LogP contribution in [-0.2, 0) is 4.74 Å². The Balaban J connectivity index is 2.32. The molecule has 4 heteroatoms. The van der Waals surface area contributed by atoms with Gasteiger partial charge in [-0.15, -0.1) is 0 Å². The van der Waals surface area contributed by atoms with E-state index in [1.165, 1.54) is 0 Å². The van der Waals surface area contributed by atoms with Crippen LogP contribution in [0.3, 0.4) is 0 Å². The molecular formula is C15H14O4. The van der Waals surface area contributed by atoms with Crippen LogP contribution >= 0.6 is 0 Å². The number of carbonyl (C=O) groups excluding carboxylic acids is 2. The topological polar surface area (TPSA) is 56.5 Å². The van der Waals surface area contributed by atoms with Gasteiger partial charge in [0.2, 0.25) is 0 Å². The van der Waals surface area contributed by atoms with Crippen molar-refractivity contribution in [2.75, 3.05) is 6.61 Å². The zero-order valence-corrected chi connectivity index (χ0v) is 10.8. The van der Waals surface area contributed by atoms with E-state index in [-0.39, 0.29) is 11.7 Å². The molecule has 2 aromatic rings. The minimum Gasteiger partial charge on any atom is -0.462 e. The Morgan fingerprint density at radius 3 is 2.68 bits per heavy atom. The number of benzene rings is 1. The van der Waals surface area contributed by atoms with E-state index in [0.29, 0.717) is 24.2 Å². The van der Waals surface area contributed by atoms with Crippen LogP contribution in [0.25, 0.3) is 11.3 Å². The van der Waals surface area contributed by atoms with Gasteiger partial charge in [-0.1, -0.05) is 6.07 Å². The molecule has 0 N–H and O–H groups in total. The van der Waals surface area contributed by atoms with E-state index >= 15 is 0 Å². The predicted octanol–water partition coefficient (Wildman–Crippen LogP) is 3.24. The van der Waals surface area contributed by atoms with Crippen molar-refractivity contribution in [3.8, 4) is 11.3 Å². The van der Waals surface area contributed by atoms with Gasteiger partial charge in [-0.2, -0.15) is 0 Å². The molecule has 2 rings (SSSR count). The Hall–Kier alpha value is -2.36. The van der Waals surface area contributed by atoms with Gasteiger partial charge in [-0.05, 0) is 43.7 Å². The highest BCUT2D eigenvalue weighted by Gasteiger charge is 2.12. The van der Waals surface area contributed by atoms with Crippen LogP contribution in [0.15, 0.2) is 34.7 Å². The van der Waals surface area contributed by atoms with E-state index < -0.39 is 0 Å². The van der Waals surface area contributed by atoms with Crippen LogP contribution in [0, 0.1) is 6.92 Å². The van der Waals surface area contributed by atoms with E-state index in [0.717, 1.165) is 11.1 Å². The van der Waals surface area contributed by atoms with Gasteiger partial charge in [0.05, 0.1) is 12.2 Å². The Bertz CT molecular complexity index is 610. The molecule has 0 amide bonds. The van der Waals surface area contributed by atoms with Crippen LogP contribution in [-0.4, -0.2) is 18.9 Å². The second kappa shape index (κ2) is 5.52. The van der Waals surface area contributed by atoms with Gasteiger partial charge in [0, 0.05) is 5.56 Å². The van der Waals surface area contributed by atoms with Crippen molar-refractivity contribution >= 4 is 12.3 Å². The van der Waals surface area contributed by atoms with Gasteiger partial charge in [-0.25, -0.2) is 4.79 Å². The third kappa shape index (κ3) is 2.73. The maximum atomic E-state index is 11.7. The summed E-state index contributed by atoms with van der Waals surface area (Å²) in [6, 6.07) is 8.64. The first-order valence-electron chi connectivity index (χ1n) is 5.99. The molecule has 0 radical (unpaired) electrons.